The van der Waals surface area contributed by atoms with Gasteiger partial charge in [0.25, 0.3) is 0 Å². The molecule has 0 aliphatic heterocycles. The summed E-state index contributed by atoms with van der Waals surface area (Å²) in [5.41, 5.74) is 13.3. The number of carbonyl (C=O) groups is 2. The summed E-state index contributed by atoms with van der Waals surface area (Å²) in [6, 6.07) is 11.7. The first-order valence-electron chi connectivity index (χ1n) is 11.8. The molecule has 8 nitrogen and oxygen atoms in total. The lowest BCUT2D eigenvalue weighted by molar-refractivity contribution is -0.150. The first-order valence-corrected chi connectivity index (χ1v) is 11.8. The fourth-order valence-electron chi connectivity index (χ4n) is 4.07. The number of ether oxygens (including phenoxy) is 2. The number of nitrogen functional groups attached to an aromatic ring is 1. The molecule has 1 unspecified atom stereocenters. The van der Waals surface area contributed by atoms with Crippen LogP contribution in [0.3, 0.4) is 0 Å². The van der Waals surface area contributed by atoms with Crippen LogP contribution >= 0.6 is 0 Å². The van der Waals surface area contributed by atoms with E-state index >= 15 is 0 Å². The molecule has 1 aliphatic rings. The average Bonchev–Trinajstić information content (AvgIpc) is 3.51. The van der Waals surface area contributed by atoms with E-state index in [1.807, 2.05) is 0 Å². The summed E-state index contributed by atoms with van der Waals surface area (Å²) in [5, 5.41) is 4.18. The van der Waals surface area contributed by atoms with Crippen molar-refractivity contribution in [1.82, 2.24) is 9.78 Å². The Morgan fingerprint density at radius 1 is 1.14 bits per heavy atom. The molecule has 2 aromatic carbocycles. The molecule has 0 spiro atoms. The standard InChI is InChI=1S/C26H29FN4O4/c27-18-10-12-19(13-11-18)31-25(29)22(16-30-31)24(32)17-5-3-8-21(15-17)34-14-4-9-23(28)26(33)35-20-6-1-2-7-20/h3,5,8,10-13,15-16,20,23H,1-2,4,6-7,9,14,28-29H2. The van der Waals surface area contributed by atoms with Crippen LogP contribution in [0.25, 0.3) is 5.69 Å². The van der Waals surface area contributed by atoms with Crippen LogP contribution in [0.15, 0.2) is 54.7 Å². The third-order valence-electron chi connectivity index (χ3n) is 6.03. The van der Waals surface area contributed by atoms with Crippen LogP contribution in [0.5, 0.6) is 5.75 Å². The van der Waals surface area contributed by atoms with Crippen molar-refractivity contribution in [2.24, 2.45) is 5.73 Å². The minimum atomic E-state index is -0.673. The molecule has 9 heteroatoms. The monoisotopic (exact) mass is 480 g/mol. The SMILES string of the molecule is Nc1c(C(=O)c2cccc(OCCCC(N)C(=O)OC3CCCC3)c2)cnn1-c1ccc(F)cc1. The fourth-order valence-corrected chi connectivity index (χ4v) is 4.07. The van der Waals surface area contributed by atoms with E-state index < -0.39 is 6.04 Å². The van der Waals surface area contributed by atoms with E-state index in [0.717, 1.165) is 25.7 Å². The quantitative estimate of drug-likeness (QED) is 0.257. The number of anilines is 1. The van der Waals surface area contributed by atoms with Crippen molar-refractivity contribution >= 4 is 17.6 Å². The Kier molecular flexibility index (Phi) is 7.77. The lowest BCUT2D eigenvalue weighted by Gasteiger charge is -2.16. The summed E-state index contributed by atoms with van der Waals surface area (Å²) in [6.07, 6.45) is 6.41. The zero-order chi connectivity index (χ0) is 24.8. The number of hydrogen-bond donors (Lipinski definition) is 2. The average molecular weight is 481 g/mol. The van der Waals surface area contributed by atoms with Crippen LogP contribution in [0.2, 0.25) is 0 Å². The van der Waals surface area contributed by atoms with Gasteiger partial charge in [0.05, 0.1) is 24.1 Å². The van der Waals surface area contributed by atoms with Crippen molar-refractivity contribution in [2.75, 3.05) is 12.3 Å². The summed E-state index contributed by atoms with van der Waals surface area (Å²) in [7, 11) is 0. The molecule has 0 bridgehead atoms. The summed E-state index contributed by atoms with van der Waals surface area (Å²) in [4.78, 5) is 25.1. The number of benzene rings is 2. The molecule has 4 N–H and O–H groups in total. The van der Waals surface area contributed by atoms with Gasteiger partial charge in [-0.1, -0.05) is 12.1 Å². The molecule has 1 heterocycles. The van der Waals surface area contributed by atoms with E-state index in [4.69, 9.17) is 20.9 Å². The van der Waals surface area contributed by atoms with Crippen LogP contribution in [0.1, 0.15) is 54.4 Å². The number of halogens is 1. The van der Waals surface area contributed by atoms with Crippen LogP contribution in [0, 0.1) is 5.82 Å². The summed E-state index contributed by atoms with van der Waals surface area (Å²) < 4.78 is 25.8. The van der Waals surface area contributed by atoms with Gasteiger partial charge in [-0.3, -0.25) is 9.59 Å². The minimum absolute atomic E-state index is 0.00177. The molecule has 184 valence electrons. The summed E-state index contributed by atoms with van der Waals surface area (Å²) in [6.45, 7) is 0.340. The first-order chi connectivity index (χ1) is 16.9. The molecule has 0 saturated heterocycles. The van der Waals surface area contributed by atoms with E-state index in [0.29, 0.717) is 36.4 Å². The normalized spacial score (nSPS) is 14.6. The highest BCUT2D eigenvalue weighted by Gasteiger charge is 2.23. The molecular weight excluding hydrogens is 451 g/mol. The van der Waals surface area contributed by atoms with E-state index in [2.05, 4.69) is 5.10 Å². The van der Waals surface area contributed by atoms with Crippen LogP contribution in [0.4, 0.5) is 10.2 Å². The van der Waals surface area contributed by atoms with E-state index in [-0.39, 0.29) is 35.1 Å². The molecular formula is C26H29FN4O4. The number of hydrogen-bond acceptors (Lipinski definition) is 7. The van der Waals surface area contributed by atoms with Gasteiger partial charge in [-0.15, -0.1) is 0 Å². The van der Waals surface area contributed by atoms with Crippen molar-refractivity contribution in [3.05, 3.63) is 71.7 Å². The molecule has 1 saturated carbocycles. The van der Waals surface area contributed by atoms with Crippen LogP contribution in [-0.2, 0) is 9.53 Å². The van der Waals surface area contributed by atoms with Gasteiger partial charge in [0, 0.05) is 5.56 Å². The number of ketones is 1. The zero-order valence-electron chi connectivity index (χ0n) is 19.4. The number of nitrogens with zero attached hydrogens (tertiary/aromatic N) is 2. The van der Waals surface area contributed by atoms with Crippen molar-refractivity contribution in [3.63, 3.8) is 0 Å². The topological polar surface area (TPSA) is 122 Å². The van der Waals surface area contributed by atoms with E-state index in [1.54, 1.807) is 24.3 Å². The highest BCUT2D eigenvalue weighted by Crippen LogP contribution is 2.23. The van der Waals surface area contributed by atoms with E-state index in [1.165, 1.54) is 35.1 Å². The largest absolute Gasteiger partial charge is 0.494 e. The van der Waals surface area contributed by atoms with Crippen molar-refractivity contribution in [2.45, 2.75) is 50.7 Å². The molecule has 3 aromatic rings. The second-order valence-electron chi connectivity index (χ2n) is 8.63. The van der Waals surface area contributed by atoms with Gasteiger partial charge in [-0.25, -0.2) is 9.07 Å². The van der Waals surface area contributed by atoms with Crippen molar-refractivity contribution in [1.29, 1.82) is 0 Å². The van der Waals surface area contributed by atoms with Crippen LogP contribution < -0.4 is 16.2 Å². The molecule has 1 fully saturated rings. The number of esters is 1. The van der Waals surface area contributed by atoms with Gasteiger partial charge in [0.2, 0.25) is 0 Å². The Morgan fingerprint density at radius 2 is 1.89 bits per heavy atom. The van der Waals surface area contributed by atoms with Gasteiger partial charge in [0.1, 0.15) is 29.5 Å². The Labute approximate surface area is 203 Å². The Hall–Kier alpha value is -3.72. The maximum absolute atomic E-state index is 13.2. The fraction of sp³-hybridized carbons (Fsp3) is 0.346. The van der Waals surface area contributed by atoms with Gasteiger partial charge in [-0.05, 0) is 74.9 Å². The van der Waals surface area contributed by atoms with Crippen molar-refractivity contribution < 1.29 is 23.5 Å². The molecule has 1 aliphatic carbocycles. The molecule has 1 aromatic heterocycles. The number of carbonyl (C=O) groups excluding carboxylic acids is 2. The maximum Gasteiger partial charge on any atom is 0.323 e. The second-order valence-corrected chi connectivity index (χ2v) is 8.63. The van der Waals surface area contributed by atoms with Gasteiger partial charge in [0.15, 0.2) is 5.78 Å². The van der Waals surface area contributed by atoms with Crippen LogP contribution in [-0.4, -0.2) is 40.3 Å². The Bertz CT molecular complexity index is 1170. The highest BCUT2D eigenvalue weighted by atomic mass is 19.1. The first kappa shape index (κ1) is 24.4. The summed E-state index contributed by atoms with van der Waals surface area (Å²) >= 11 is 0. The third kappa shape index (κ3) is 6.05. The van der Waals surface area contributed by atoms with Gasteiger partial charge < -0.3 is 20.9 Å². The Morgan fingerprint density at radius 3 is 2.63 bits per heavy atom. The molecule has 0 amide bonds. The second kappa shape index (κ2) is 11.1. The molecule has 35 heavy (non-hydrogen) atoms. The lowest BCUT2D eigenvalue weighted by Crippen LogP contribution is -2.34. The molecule has 4 rings (SSSR count). The highest BCUT2D eigenvalue weighted by molar-refractivity contribution is 6.11. The predicted octanol–water partition coefficient (Wildman–Crippen LogP) is 3.80. The number of aromatic nitrogens is 2. The predicted molar refractivity (Wildman–Crippen MR) is 129 cm³/mol. The van der Waals surface area contributed by atoms with Gasteiger partial charge in [-0.2, -0.15) is 5.10 Å². The number of rotatable bonds is 10. The smallest absolute Gasteiger partial charge is 0.323 e. The molecule has 0 radical (unpaired) electrons. The minimum Gasteiger partial charge on any atom is -0.494 e. The maximum atomic E-state index is 13.2. The lowest BCUT2D eigenvalue weighted by atomic mass is 10.1. The third-order valence-corrected chi connectivity index (χ3v) is 6.03. The Balaban J connectivity index is 1.31. The number of nitrogens with two attached hydrogens (primary N) is 2. The zero-order valence-corrected chi connectivity index (χ0v) is 19.4. The molecule has 1 atom stereocenters. The summed E-state index contributed by atoms with van der Waals surface area (Å²) in [5.74, 6) is -0.367. The van der Waals surface area contributed by atoms with Gasteiger partial charge >= 0.3 is 5.97 Å². The van der Waals surface area contributed by atoms with Crippen molar-refractivity contribution in [3.8, 4) is 11.4 Å². The van der Waals surface area contributed by atoms with E-state index in [9.17, 15) is 14.0 Å².